The number of halogens is 1. The first kappa shape index (κ1) is 12.0. The van der Waals surface area contributed by atoms with E-state index in [9.17, 15) is 0 Å². The zero-order chi connectivity index (χ0) is 11.7. The summed E-state index contributed by atoms with van der Waals surface area (Å²) in [5.41, 5.74) is 0.242. The van der Waals surface area contributed by atoms with Gasteiger partial charge in [0, 0.05) is 10.8 Å². The molecule has 96 valence electrons. The van der Waals surface area contributed by atoms with Crippen LogP contribution in [0.25, 0.3) is 0 Å². The lowest BCUT2D eigenvalue weighted by Gasteiger charge is -2.33. The lowest BCUT2D eigenvalue weighted by atomic mass is 9.76. The summed E-state index contributed by atoms with van der Waals surface area (Å²) >= 11 is 6.55. The van der Waals surface area contributed by atoms with Crippen molar-refractivity contribution in [2.45, 2.75) is 50.2 Å². The van der Waals surface area contributed by atoms with Crippen LogP contribution in [0.4, 0.5) is 0 Å². The molecule has 3 atom stereocenters. The van der Waals surface area contributed by atoms with Crippen LogP contribution in [0, 0.1) is 11.3 Å². The van der Waals surface area contributed by atoms with Crippen LogP contribution in [-0.2, 0) is 9.47 Å². The van der Waals surface area contributed by atoms with Crippen molar-refractivity contribution in [1.82, 2.24) is 0 Å². The molecule has 0 aromatic rings. The van der Waals surface area contributed by atoms with Gasteiger partial charge in [-0.2, -0.15) is 0 Å². The molecule has 1 saturated carbocycles. The van der Waals surface area contributed by atoms with E-state index in [0.29, 0.717) is 5.38 Å². The highest BCUT2D eigenvalue weighted by atomic mass is 35.5. The van der Waals surface area contributed by atoms with Crippen molar-refractivity contribution in [3.05, 3.63) is 12.2 Å². The standard InChI is InChI=1S/C14H21ClO2/c15-12-5-4-11-3-1-7-14(11,12)8-6-13-16-9-2-10-17-13/h1,7,11-13H,2-6,8-10H2/t11-,12?,14?/m0/s1. The summed E-state index contributed by atoms with van der Waals surface area (Å²) in [6, 6.07) is 0. The molecule has 2 aliphatic carbocycles. The highest BCUT2D eigenvalue weighted by Gasteiger charge is 2.49. The molecule has 0 aromatic heterocycles. The summed E-state index contributed by atoms with van der Waals surface area (Å²) < 4.78 is 11.3. The fraction of sp³-hybridized carbons (Fsp3) is 0.857. The molecule has 2 unspecified atom stereocenters. The summed E-state index contributed by atoms with van der Waals surface area (Å²) in [5, 5.41) is 0.315. The van der Waals surface area contributed by atoms with Gasteiger partial charge in [-0.25, -0.2) is 0 Å². The summed E-state index contributed by atoms with van der Waals surface area (Å²) in [6.45, 7) is 1.70. The van der Waals surface area contributed by atoms with Gasteiger partial charge in [-0.05, 0) is 44.4 Å². The topological polar surface area (TPSA) is 18.5 Å². The predicted molar refractivity (Wildman–Crippen MR) is 68.1 cm³/mol. The van der Waals surface area contributed by atoms with Crippen LogP contribution in [0.3, 0.4) is 0 Å². The normalized spacial score (nSPS) is 41.9. The second-order valence-corrected chi connectivity index (χ2v) is 6.08. The van der Waals surface area contributed by atoms with Gasteiger partial charge in [-0.15, -0.1) is 11.6 Å². The molecule has 17 heavy (non-hydrogen) atoms. The summed E-state index contributed by atoms with van der Waals surface area (Å²) in [6.07, 6.45) is 11.5. The van der Waals surface area contributed by atoms with Crippen molar-refractivity contribution in [1.29, 1.82) is 0 Å². The summed E-state index contributed by atoms with van der Waals surface area (Å²) in [4.78, 5) is 0. The van der Waals surface area contributed by atoms with Crippen molar-refractivity contribution in [3.63, 3.8) is 0 Å². The molecule has 0 spiro atoms. The Kier molecular flexibility index (Phi) is 3.47. The number of fused-ring (bicyclic) bond motifs is 1. The van der Waals surface area contributed by atoms with Crippen LogP contribution in [-0.4, -0.2) is 24.9 Å². The van der Waals surface area contributed by atoms with E-state index in [1.807, 2.05) is 0 Å². The van der Waals surface area contributed by atoms with Crippen molar-refractivity contribution in [3.8, 4) is 0 Å². The second-order valence-electron chi connectivity index (χ2n) is 5.56. The van der Waals surface area contributed by atoms with E-state index >= 15 is 0 Å². The van der Waals surface area contributed by atoms with Crippen molar-refractivity contribution < 1.29 is 9.47 Å². The molecule has 0 N–H and O–H groups in total. The third-order valence-electron chi connectivity index (χ3n) is 4.67. The van der Waals surface area contributed by atoms with E-state index in [-0.39, 0.29) is 11.7 Å². The molecule has 0 radical (unpaired) electrons. The quantitative estimate of drug-likeness (QED) is 0.568. The Morgan fingerprint density at radius 1 is 1.24 bits per heavy atom. The van der Waals surface area contributed by atoms with Gasteiger partial charge in [0.15, 0.2) is 6.29 Å². The van der Waals surface area contributed by atoms with Crippen LogP contribution in [0.1, 0.15) is 38.5 Å². The fourth-order valence-electron chi connectivity index (χ4n) is 3.69. The number of hydrogen-bond donors (Lipinski definition) is 0. The van der Waals surface area contributed by atoms with Gasteiger partial charge in [0.25, 0.3) is 0 Å². The first-order chi connectivity index (χ1) is 8.31. The molecule has 1 aliphatic heterocycles. The minimum absolute atomic E-state index is 0.0113. The summed E-state index contributed by atoms with van der Waals surface area (Å²) in [7, 11) is 0. The number of allylic oxidation sites excluding steroid dienone is 2. The number of rotatable bonds is 3. The minimum atomic E-state index is 0.0113. The second kappa shape index (κ2) is 4.91. The molecular formula is C14H21ClO2. The molecular weight excluding hydrogens is 236 g/mol. The van der Waals surface area contributed by atoms with E-state index in [1.54, 1.807) is 0 Å². The molecule has 0 bridgehead atoms. The van der Waals surface area contributed by atoms with Crippen molar-refractivity contribution >= 4 is 11.6 Å². The Labute approximate surface area is 108 Å². The first-order valence-electron chi connectivity index (χ1n) is 6.86. The van der Waals surface area contributed by atoms with Crippen LogP contribution in [0.5, 0.6) is 0 Å². The third kappa shape index (κ3) is 2.16. The Morgan fingerprint density at radius 2 is 2.06 bits per heavy atom. The van der Waals surface area contributed by atoms with Gasteiger partial charge < -0.3 is 9.47 Å². The Morgan fingerprint density at radius 3 is 2.88 bits per heavy atom. The molecule has 2 fully saturated rings. The fourth-order valence-corrected chi connectivity index (χ4v) is 4.17. The number of hydrogen-bond acceptors (Lipinski definition) is 2. The average Bonchev–Trinajstić information content (AvgIpc) is 2.90. The molecule has 1 heterocycles. The zero-order valence-electron chi connectivity index (χ0n) is 10.2. The SMILES string of the molecule is ClC1CC[C@@H]2CC=CC12CCC1OCCCO1. The molecule has 1 saturated heterocycles. The van der Waals surface area contributed by atoms with Crippen LogP contribution in [0.2, 0.25) is 0 Å². The van der Waals surface area contributed by atoms with E-state index in [1.165, 1.54) is 19.3 Å². The van der Waals surface area contributed by atoms with Crippen molar-refractivity contribution in [2.24, 2.45) is 11.3 Å². The molecule has 2 nitrogen and oxygen atoms in total. The molecule has 3 heteroatoms. The van der Waals surface area contributed by atoms with Gasteiger partial charge in [0.1, 0.15) is 0 Å². The highest BCUT2D eigenvalue weighted by molar-refractivity contribution is 6.21. The van der Waals surface area contributed by atoms with Gasteiger partial charge >= 0.3 is 0 Å². The maximum atomic E-state index is 6.55. The lowest BCUT2D eigenvalue weighted by Crippen LogP contribution is -2.32. The van der Waals surface area contributed by atoms with E-state index in [2.05, 4.69) is 12.2 Å². The van der Waals surface area contributed by atoms with Gasteiger partial charge in [-0.1, -0.05) is 12.2 Å². The van der Waals surface area contributed by atoms with Gasteiger partial charge in [0.05, 0.1) is 13.2 Å². The van der Waals surface area contributed by atoms with Crippen LogP contribution >= 0.6 is 11.6 Å². The Bertz CT molecular complexity index is 299. The zero-order valence-corrected chi connectivity index (χ0v) is 11.0. The van der Waals surface area contributed by atoms with E-state index < -0.39 is 0 Å². The molecule has 0 aromatic carbocycles. The number of ether oxygens (including phenoxy) is 2. The Balaban J connectivity index is 1.61. The summed E-state index contributed by atoms with van der Waals surface area (Å²) in [5.74, 6) is 0.772. The molecule has 0 amide bonds. The van der Waals surface area contributed by atoms with Crippen LogP contribution < -0.4 is 0 Å². The molecule has 3 aliphatic rings. The maximum Gasteiger partial charge on any atom is 0.157 e. The predicted octanol–water partition coefficient (Wildman–Crippen LogP) is 3.49. The lowest BCUT2D eigenvalue weighted by molar-refractivity contribution is -0.183. The van der Waals surface area contributed by atoms with Gasteiger partial charge in [-0.3, -0.25) is 0 Å². The van der Waals surface area contributed by atoms with Crippen molar-refractivity contribution in [2.75, 3.05) is 13.2 Å². The van der Waals surface area contributed by atoms with Crippen LogP contribution in [0.15, 0.2) is 12.2 Å². The monoisotopic (exact) mass is 256 g/mol. The van der Waals surface area contributed by atoms with E-state index in [0.717, 1.165) is 38.4 Å². The van der Waals surface area contributed by atoms with E-state index in [4.69, 9.17) is 21.1 Å². The first-order valence-corrected chi connectivity index (χ1v) is 7.30. The minimum Gasteiger partial charge on any atom is -0.353 e. The largest absolute Gasteiger partial charge is 0.353 e. The Hall–Kier alpha value is -0.0500. The number of alkyl halides is 1. The van der Waals surface area contributed by atoms with Gasteiger partial charge in [0.2, 0.25) is 0 Å². The highest BCUT2D eigenvalue weighted by Crippen LogP contribution is 2.55. The molecule has 3 rings (SSSR count). The smallest absolute Gasteiger partial charge is 0.157 e. The third-order valence-corrected chi connectivity index (χ3v) is 5.29. The average molecular weight is 257 g/mol. The maximum absolute atomic E-state index is 6.55.